The maximum Gasteiger partial charge on any atom is 0.250 e. The predicted octanol–water partition coefficient (Wildman–Crippen LogP) is 3.98. The normalized spacial score (nSPS) is 26.0. The van der Waals surface area contributed by atoms with Gasteiger partial charge in [0.05, 0.1) is 0 Å². The van der Waals surface area contributed by atoms with E-state index in [1.165, 1.54) is 24.8 Å². The minimum absolute atomic E-state index is 0.144. The first-order valence-electron chi connectivity index (χ1n) is 10.3. The standard InChI is InChI=1S/C22H30N2O2/c1-16-11-13-17(14-12-16)21-22(26)23(18-7-5-6-8-18)15-20(25)24(21)19-9-3-2-4-10-19/h11-14,18-19,21H,2-10,15H2,1H3/t21-/m1/s1. The van der Waals surface area contributed by atoms with E-state index in [2.05, 4.69) is 19.1 Å². The van der Waals surface area contributed by atoms with Crippen molar-refractivity contribution in [3.8, 4) is 0 Å². The van der Waals surface area contributed by atoms with E-state index in [4.69, 9.17) is 0 Å². The first kappa shape index (κ1) is 17.6. The van der Waals surface area contributed by atoms with Gasteiger partial charge in [-0.2, -0.15) is 0 Å². The molecular weight excluding hydrogens is 324 g/mol. The molecule has 4 heteroatoms. The minimum atomic E-state index is -0.430. The van der Waals surface area contributed by atoms with Gasteiger partial charge in [0.2, 0.25) is 5.91 Å². The second kappa shape index (κ2) is 7.42. The third kappa shape index (κ3) is 3.26. The van der Waals surface area contributed by atoms with Gasteiger partial charge >= 0.3 is 0 Å². The average molecular weight is 354 g/mol. The molecule has 0 bridgehead atoms. The predicted molar refractivity (Wildman–Crippen MR) is 102 cm³/mol. The summed E-state index contributed by atoms with van der Waals surface area (Å²) in [6.07, 6.45) is 10.1. The van der Waals surface area contributed by atoms with Crippen molar-refractivity contribution >= 4 is 11.8 Å². The first-order chi connectivity index (χ1) is 12.6. The molecule has 2 saturated carbocycles. The number of amides is 2. The Labute approximate surface area is 156 Å². The largest absolute Gasteiger partial charge is 0.328 e. The average Bonchev–Trinajstić information content (AvgIpc) is 3.19. The molecule has 140 valence electrons. The molecule has 1 heterocycles. The lowest BCUT2D eigenvalue weighted by Gasteiger charge is -2.47. The molecule has 0 N–H and O–H groups in total. The molecule has 4 rings (SSSR count). The Bertz CT molecular complexity index is 657. The Balaban J connectivity index is 1.68. The summed E-state index contributed by atoms with van der Waals surface area (Å²) in [7, 11) is 0. The van der Waals surface area contributed by atoms with Crippen molar-refractivity contribution in [2.45, 2.75) is 82.8 Å². The summed E-state index contributed by atoms with van der Waals surface area (Å²) < 4.78 is 0. The zero-order valence-electron chi connectivity index (χ0n) is 15.8. The van der Waals surface area contributed by atoms with Gasteiger partial charge < -0.3 is 9.80 Å². The molecule has 0 spiro atoms. The Morgan fingerprint density at radius 3 is 2.04 bits per heavy atom. The van der Waals surface area contributed by atoms with Crippen LogP contribution >= 0.6 is 0 Å². The summed E-state index contributed by atoms with van der Waals surface area (Å²) in [6, 6.07) is 8.24. The number of benzene rings is 1. The van der Waals surface area contributed by atoms with E-state index in [9.17, 15) is 9.59 Å². The molecule has 3 aliphatic rings. The highest BCUT2D eigenvalue weighted by molar-refractivity contribution is 5.96. The van der Waals surface area contributed by atoms with Crippen molar-refractivity contribution in [2.24, 2.45) is 0 Å². The quantitative estimate of drug-likeness (QED) is 0.824. The number of hydrogen-bond donors (Lipinski definition) is 0. The highest BCUT2D eigenvalue weighted by atomic mass is 16.2. The van der Waals surface area contributed by atoms with Crippen molar-refractivity contribution < 1.29 is 9.59 Å². The molecule has 2 aliphatic carbocycles. The van der Waals surface area contributed by atoms with Crippen LogP contribution in [-0.4, -0.2) is 40.2 Å². The second-order valence-corrected chi connectivity index (χ2v) is 8.31. The van der Waals surface area contributed by atoms with Crippen LogP contribution in [0.1, 0.15) is 75.0 Å². The van der Waals surface area contributed by atoms with Crippen LogP contribution < -0.4 is 0 Å². The van der Waals surface area contributed by atoms with Crippen LogP contribution in [0.15, 0.2) is 24.3 Å². The SMILES string of the molecule is Cc1ccc([C@@H]2C(=O)N(C3CCCC3)CC(=O)N2C2CCCCC2)cc1. The Morgan fingerprint density at radius 1 is 0.808 bits per heavy atom. The van der Waals surface area contributed by atoms with Crippen LogP contribution in [0.2, 0.25) is 0 Å². The fourth-order valence-corrected chi connectivity index (χ4v) is 5.08. The monoisotopic (exact) mass is 354 g/mol. The maximum absolute atomic E-state index is 13.5. The van der Waals surface area contributed by atoms with Gasteiger partial charge in [-0.15, -0.1) is 0 Å². The lowest BCUT2D eigenvalue weighted by atomic mass is 9.89. The van der Waals surface area contributed by atoms with Gasteiger partial charge in [0.25, 0.3) is 5.91 Å². The Morgan fingerprint density at radius 2 is 1.38 bits per heavy atom. The molecule has 0 aromatic heterocycles. The Kier molecular flexibility index (Phi) is 5.01. The third-order valence-corrected chi connectivity index (χ3v) is 6.52. The number of nitrogens with zero attached hydrogens (tertiary/aromatic N) is 2. The molecule has 3 fully saturated rings. The van der Waals surface area contributed by atoms with Crippen molar-refractivity contribution in [2.75, 3.05) is 6.54 Å². The number of aryl methyl sites for hydroxylation is 1. The van der Waals surface area contributed by atoms with Gasteiger partial charge in [-0.1, -0.05) is 61.9 Å². The van der Waals surface area contributed by atoms with Gasteiger partial charge in [-0.05, 0) is 38.2 Å². The molecule has 4 nitrogen and oxygen atoms in total. The van der Waals surface area contributed by atoms with E-state index < -0.39 is 6.04 Å². The van der Waals surface area contributed by atoms with Crippen LogP contribution in [0.3, 0.4) is 0 Å². The van der Waals surface area contributed by atoms with E-state index in [0.29, 0.717) is 0 Å². The highest BCUT2D eigenvalue weighted by Crippen LogP contribution is 2.37. The second-order valence-electron chi connectivity index (χ2n) is 8.31. The van der Waals surface area contributed by atoms with Crippen LogP contribution in [-0.2, 0) is 9.59 Å². The van der Waals surface area contributed by atoms with Crippen LogP contribution in [0.4, 0.5) is 0 Å². The van der Waals surface area contributed by atoms with Gasteiger partial charge in [0.1, 0.15) is 12.6 Å². The molecular formula is C22H30N2O2. The first-order valence-corrected chi connectivity index (χ1v) is 10.3. The molecule has 1 saturated heterocycles. The number of hydrogen-bond acceptors (Lipinski definition) is 2. The number of piperazine rings is 1. The topological polar surface area (TPSA) is 40.6 Å². The molecule has 2 amide bonds. The van der Waals surface area contributed by atoms with Crippen LogP contribution in [0.25, 0.3) is 0 Å². The molecule has 1 aliphatic heterocycles. The van der Waals surface area contributed by atoms with E-state index in [1.807, 2.05) is 21.9 Å². The summed E-state index contributed by atoms with van der Waals surface area (Å²) in [5, 5.41) is 0. The van der Waals surface area contributed by atoms with Gasteiger partial charge in [0.15, 0.2) is 0 Å². The minimum Gasteiger partial charge on any atom is -0.328 e. The van der Waals surface area contributed by atoms with E-state index >= 15 is 0 Å². The fraction of sp³-hybridized carbons (Fsp3) is 0.636. The molecule has 26 heavy (non-hydrogen) atoms. The molecule has 0 radical (unpaired) electrons. The lowest BCUT2D eigenvalue weighted by Crippen LogP contribution is -2.60. The van der Waals surface area contributed by atoms with Gasteiger partial charge in [-0.3, -0.25) is 9.59 Å². The summed E-state index contributed by atoms with van der Waals surface area (Å²) >= 11 is 0. The zero-order chi connectivity index (χ0) is 18.1. The smallest absolute Gasteiger partial charge is 0.250 e. The van der Waals surface area contributed by atoms with Crippen molar-refractivity contribution in [3.63, 3.8) is 0 Å². The Hall–Kier alpha value is -1.84. The summed E-state index contributed by atoms with van der Waals surface area (Å²) in [5.41, 5.74) is 2.16. The summed E-state index contributed by atoms with van der Waals surface area (Å²) in [6.45, 7) is 2.34. The van der Waals surface area contributed by atoms with E-state index in [0.717, 1.165) is 44.1 Å². The number of carbonyl (C=O) groups is 2. The lowest BCUT2D eigenvalue weighted by molar-refractivity contribution is -0.162. The van der Waals surface area contributed by atoms with E-state index in [1.54, 1.807) is 0 Å². The molecule has 1 aromatic carbocycles. The van der Waals surface area contributed by atoms with E-state index in [-0.39, 0.29) is 30.4 Å². The summed E-state index contributed by atoms with van der Waals surface area (Å²) in [5.74, 6) is 0.292. The fourth-order valence-electron chi connectivity index (χ4n) is 5.08. The third-order valence-electron chi connectivity index (χ3n) is 6.52. The summed E-state index contributed by atoms with van der Waals surface area (Å²) in [4.78, 5) is 30.6. The van der Waals surface area contributed by atoms with Crippen molar-refractivity contribution in [1.29, 1.82) is 0 Å². The highest BCUT2D eigenvalue weighted by Gasteiger charge is 2.45. The van der Waals surface area contributed by atoms with Gasteiger partial charge in [-0.25, -0.2) is 0 Å². The van der Waals surface area contributed by atoms with Crippen LogP contribution in [0, 0.1) is 6.92 Å². The van der Waals surface area contributed by atoms with Crippen molar-refractivity contribution in [3.05, 3.63) is 35.4 Å². The zero-order valence-corrected chi connectivity index (χ0v) is 15.8. The van der Waals surface area contributed by atoms with Crippen LogP contribution in [0.5, 0.6) is 0 Å². The number of carbonyl (C=O) groups excluding carboxylic acids is 2. The molecule has 0 unspecified atom stereocenters. The van der Waals surface area contributed by atoms with Crippen molar-refractivity contribution in [1.82, 2.24) is 9.80 Å². The molecule has 1 atom stereocenters. The maximum atomic E-state index is 13.5. The number of rotatable bonds is 3. The van der Waals surface area contributed by atoms with Gasteiger partial charge in [0, 0.05) is 12.1 Å². The molecule has 1 aromatic rings.